The maximum absolute atomic E-state index is 5.57. The van der Waals surface area contributed by atoms with Crippen molar-refractivity contribution < 1.29 is 0 Å². The van der Waals surface area contributed by atoms with E-state index in [2.05, 4.69) is 37.6 Å². The zero-order valence-corrected chi connectivity index (χ0v) is 10.8. The maximum Gasteiger partial charge on any atom is 0.185 e. The fourth-order valence-corrected chi connectivity index (χ4v) is 2.41. The van der Waals surface area contributed by atoms with E-state index in [1.165, 1.54) is 0 Å². The molecular weight excluding hydrogens is 206 g/mol. The Labute approximate surface area is 96.3 Å². The van der Waals surface area contributed by atoms with Crippen LogP contribution in [0.25, 0.3) is 0 Å². The van der Waals surface area contributed by atoms with Gasteiger partial charge >= 0.3 is 0 Å². The van der Waals surface area contributed by atoms with Gasteiger partial charge in [-0.25, -0.2) is 4.98 Å². The SMILES string of the molecule is CC(C)CN(c1nc(CN)cs1)C(C)C. The Kier molecular flexibility index (Phi) is 4.54. The minimum absolute atomic E-state index is 0.490. The van der Waals surface area contributed by atoms with E-state index in [1.54, 1.807) is 11.3 Å². The molecule has 4 heteroatoms. The Morgan fingerprint density at radius 2 is 2.07 bits per heavy atom. The molecule has 0 amide bonds. The highest BCUT2D eigenvalue weighted by atomic mass is 32.1. The summed E-state index contributed by atoms with van der Waals surface area (Å²) < 4.78 is 0. The molecule has 0 radical (unpaired) electrons. The summed E-state index contributed by atoms with van der Waals surface area (Å²) in [6.45, 7) is 10.4. The number of nitrogens with zero attached hydrogens (tertiary/aromatic N) is 2. The van der Waals surface area contributed by atoms with E-state index >= 15 is 0 Å². The molecule has 1 aromatic heterocycles. The normalized spacial score (nSPS) is 11.4. The first-order valence-electron chi connectivity index (χ1n) is 5.45. The number of thiazole rings is 1. The molecule has 0 aliphatic carbocycles. The number of rotatable bonds is 5. The van der Waals surface area contributed by atoms with Crippen LogP contribution in [0.2, 0.25) is 0 Å². The van der Waals surface area contributed by atoms with Crippen molar-refractivity contribution in [2.75, 3.05) is 11.4 Å². The van der Waals surface area contributed by atoms with Gasteiger partial charge in [0.2, 0.25) is 0 Å². The van der Waals surface area contributed by atoms with Gasteiger partial charge in [-0.2, -0.15) is 0 Å². The Morgan fingerprint density at radius 3 is 2.47 bits per heavy atom. The molecule has 15 heavy (non-hydrogen) atoms. The fourth-order valence-electron chi connectivity index (χ4n) is 1.43. The van der Waals surface area contributed by atoms with Gasteiger partial charge in [-0.15, -0.1) is 11.3 Å². The van der Waals surface area contributed by atoms with Gasteiger partial charge in [0.05, 0.1) is 5.69 Å². The average Bonchev–Trinajstić information content (AvgIpc) is 2.61. The number of nitrogens with two attached hydrogens (primary N) is 1. The quantitative estimate of drug-likeness (QED) is 0.840. The summed E-state index contributed by atoms with van der Waals surface area (Å²) in [4.78, 5) is 6.86. The summed E-state index contributed by atoms with van der Waals surface area (Å²) in [6.07, 6.45) is 0. The fraction of sp³-hybridized carbons (Fsp3) is 0.727. The molecule has 0 fully saturated rings. The lowest BCUT2D eigenvalue weighted by Crippen LogP contribution is -2.34. The van der Waals surface area contributed by atoms with Crippen LogP contribution < -0.4 is 10.6 Å². The molecule has 0 saturated carbocycles. The zero-order chi connectivity index (χ0) is 11.4. The van der Waals surface area contributed by atoms with Crippen LogP contribution >= 0.6 is 11.3 Å². The zero-order valence-electron chi connectivity index (χ0n) is 10.0. The van der Waals surface area contributed by atoms with Gasteiger partial charge in [0.25, 0.3) is 0 Å². The van der Waals surface area contributed by atoms with Crippen molar-refractivity contribution in [1.29, 1.82) is 0 Å². The van der Waals surface area contributed by atoms with Crippen LogP contribution in [0.5, 0.6) is 0 Å². The topological polar surface area (TPSA) is 42.2 Å². The molecule has 0 aliphatic heterocycles. The molecule has 0 saturated heterocycles. The highest BCUT2D eigenvalue weighted by Gasteiger charge is 2.15. The third-order valence-electron chi connectivity index (χ3n) is 2.18. The molecule has 0 atom stereocenters. The van der Waals surface area contributed by atoms with Crippen LogP contribution in [0.1, 0.15) is 33.4 Å². The van der Waals surface area contributed by atoms with E-state index in [0.717, 1.165) is 17.4 Å². The maximum atomic E-state index is 5.57. The minimum Gasteiger partial charge on any atom is -0.345 e. The van der Waals surface area contributed by atoms with Crippen molar-refractivity contribution in [2.24, 2.45) is 11.7 Å². The van der Waals surface area contributed by atoms with Gasteiger partial charge in [-0.05, 0) is 19.8 Å². The van der Waals surface area contributed by atoms with E-state index in [4.69, 9.17) is 5.73 Å². The molecule has 1 rings (SSSR count). The predicted molar refractivity (Wildman–Crippen MR) is 67.3 cm³/mol. The second kappa shape index (κ2) is 5.47. The third-order valence-corrected chi connectivity index (χ3v) is 3.11. The summed E-state index contributed by atoms with van der Waals surface area (Å²) in [7, 11) is 0. The lowest BCUT2D eigenvalue weighted by Gasteiger charge is -2.27. The number of hydrogen-bond donors (Lipinski definition) is 1. The smallest absolute Gasteiger partial charge is 0.185 e. The van der Waals surface area contributed by atoms with Crippen LogP contribution in [0.4, 0.5) is 5.13 Å². The monoisotopic (exact) mass is 227 g/mol. The number of aromatic nitrogens is 1. The first kappa shape index (κ1) is 12.5. The first-order chi connectivity index (χ1) is 7.04. The summed E-state index contributed by atoms with van der Waals surface area (Å²) in [5.74, 6) is 0.651. The molecule has 0 unspecified atom stereocenters. The first-order valence-corrected chi connectivity index (χ1v) is 6.33. The molecule has 0 spiro atoms. The van der Waals surface area contributed by atoms with Gasteiger partial charge in [0.1, 0.15) is 0 Å². The molecule has 0 aliphatic rings. The third kappa shape index (κ3) is 3.47. The van der Waals surface area contributed by atoms with Crippen LogP contribution in [0, 0.1) is 5.92 Å². The second-order valence-electron chi connectivity index (χ2n) is 4.47. The van der Waals surface area contributed by atoms with Gasteiger partial charge < -0.3 is 10.6 Å². The molecular formula is C11H21N3S. The lowest BCUT2D eigenvalue weighted by molar-refractivity contribution is 0.569. The van der Waals surface area contributed by atoms with E-state index in [9.17, 15) is 0 Å². The molecule has 3 nitrogen and oxygen atoms in total. The predicted octanol–water partition coefficient (Wildman–Crippen LogP) is 2.47. The van der Waals surface area contributed by atoms with E-state index in [-0.39, 0.29) is 0 Å². The Morgan fingerprint density at radius 1 is 1.40 bits per heavy atom. The minimum atomic E-state index is 0.490. The Balaban J connectivity index is 2.79. The molecule has 1 heterocycles. The summed E-state index contributed by atoms with van der Waals surface area (Å²) in [5.41, 5.74) is 6.56. The summed E-state index contributed by atoms with van der Waals surface area (Å²) in [5, 5.41) is 3.14. The van der Waals surface area contributed by atoms with Gasteiger partial charge in [0, 0.05) is 24.5 Å². The van der Waals surface area contributed by atoms with Crippen molar-refractivity contribution in [3.63, 3.8) is 0 Å². The van der Waals surface area contributed by atoms with Crippen LogP contribution in [0.15, 0.2) is 5.38 Å². The van der Waals surface area contributed by atoms with Crippen molar-refractivity contribution in [1.82, 2.24) is 4.98 Å². The van der Waals surface area contributed by atoms with E-state index in [0.29, 0.717) is 18.5 Å². The Bertz CT molecular complexity index is 294. The molecule has 2 N–H and O–H groups in total. The average molecular weight is 227 g/mol. The highest BCUT2D eigenvalue weighted by Crippen LogP contribution is 2.23. The van der Waals surface area contributed by atoms with Crippen LogP contribution in [-0.2, 0) is 6.54 Å². The molecule has 1 aromatic rings. The van der Waals surface area contributed by atoms with Crippen LogP contribution in [-0.4, -0.2) is 17.6 Å². The van der Waals surface area contributed by atoms with Crippen LogP contribution in [0.3, 0.4) is 0 Å². The number of hydrogen-bond acceptors (Lipinski definition) is 4. The molecule has 0 aromatic carbocycles. The largest absolute Gasteiger partial charge is 0.345 e. The second-order valence-corrected chi connectivity index (χ2v) is 5.30. The van der Waals surface area contributed by atoms with Crippen molar-refractivity contribution >= 4 is 16.5 Å². The van der Waals surface area contributed by atoms with Crippen molar-refractivity contribution in [2.45, 2.75) is 40.3 Å². The Hall–Kier alpha value is -0.610. The lowest BCUT2D eigenvalue weighted by atomic mass is 10.2. The summed E-state index contributed by atoms with van der Waals surface area (Å²) in [6, 6.07) is 0.490. The molecule has 86 valence electrons. The van der Waals surface area contributed by atoms with Gasteiger partial charge in [0.15, 0.2) is 5.13 Å². The van der Waals surface area contributed by atoms with E-state index in [1.807, 2.05) is 5.38 Å². The van der Waals surface area contributed by atoms with Gasteiger partial charge in [-0.3, -0.25) is 0 Å². The highest BCUT2D eigenvalue weighted by molar-refractivity contribution is 7.13. The van der Waals surface area contributed by atoms with Crippen molar-refractivity contribution in [3.8, 4) is 0 Å². The summed E-state index contributed by atoms with van der Waals surface area (Å²) >= 11 is 1.69. The van der Waals surface area contributed by atoms with Crippen molar-refractivity contribution in [3.05, 3.63) is 11.1 Å². The number of anilines is 1. The molecule has 0 bridgehead atoms. The van der Waals surface area contributed by atoms with E-state index < -0.39 is 0 Å². The van der Waals surface area contributed by atoms with Gasteiger partial charge in [-0.1, -0.05) is 13.8 Å². The standard InChI is InChI=1S/C11H21N3S/c1-8(2)6-14(9(3)4)11-13-10(5-12)7-15-11/h7-9H,5-6,12H2,1-4H3.